The fourth-order valence-electron chi connectivity index (χ4n) is 4.49. The van der Waals surface area contributed by atoms with Gasteiger partial charge in [-0.25, -0.2) is 4.79 Å². The van der Waals surface area contributed by atoms with E-state index in [-0.39, 0.29) is 24.4 Å². The number of fused-ring (bicyclic) bond motifs is 1. The highest BCUT2D eigenvalue weighted by Gasteiger charge is 2.35. The second kappa shape index (κ2) is 9.38. The molecule has 31 heavy (non-hydrogen) atoms. The van der Waals surface area contributed by atoms with Gasteiger partial charge in [-0.3, -0.25) is 15.1 Å². The molecule has 2 saturated heterocycles. The number of aliphatic carboxylic acids is 1. The maximum Gasteiger partial charge on any atom is 0.320 e. The van der Waals surface area contributed by atoms with Gasteiger partial charge >= 0.3 is 12.0 Å². The van der Waals surface area contributed by atoms with Crippen molar-refractivity contribution < 1.29 is 19.8 Å². The number of pyridine rings is 1. The molecule has 1 aromatic rings. The maximum atomic E-state index is 13.0. The van der Waals surface area contributed by atoms with Crippen molar-refractivity contribution >= 4 is 12.0 Å². The van der Waals surface area contributed by atoms with E-state index in [0.717, 1.165) is 25.8 Å². The Morgan fingerprint density at radius 2 is 2.16 bits per heavy atom. The van der Waals surface area contributed by atoms with Gasteiger partial charge in [-0.1, -0.05) is 6.08 Å². The van der Waals surface area contributed by atoms with Gasteiger partial charge in [0.1, 0.15) is 5.75 Å². The molecule has 0 bridgehead atoms. The number of carbonyl (C=O) groups excluding carboxylic acids is 1. The van der Waals surface area contributed by atoms with Crippen LogP contribution in [0.4, 0.5) is 4.79 Å². The summed E-state index contributed by atoms with van der Waals surface area (Å²) in [6.45, 7) is 2.64. The van der Waals surface area contributed by atoms with Crippen molar-refractivity contribution in [2.24, 2.45) is 0 Å². The Bertz CT molecular complexity index is 900. The van der Waals surface area contributed by atoms with Crippen LogP contribution < -0.4 is 10.6 Å². The minimum atomic E-state index is -1.00. The molecule has 4 rings (SSSR count). The van der Waals surface area contributed by atoms with E-state index in [4.69, 9.17) is 0 Å². The Morgan fingerprint density at radius 3 is 2.97 bits per heavy atom. The van der Waals surface area contributed by atoms with Crippen molar-refractivity contribution in [1.82, 2.24) is 25.4 Å². The Hall–Kier alpha value is -3.07. The average molecular weight is 428 g/mol. The highest BCUT2D eigenvalue weighted by atomic mass is 16.4. The number of carboxylic acid groups (broad SMARTS) is 1. The number of piperidine rings is 1. The number of dihydropyridines is 1. The summed E-state index contributed by atoms with van der Waals surface area (Å²) in [4.78, 5) is 31.7. The van der Waals surface area contributed by atoms with Gasteiger partial charge in [-0.2, -0.15) is 0 Å². The fraction of sp³-hybridized carbons (Fsp3) is 0.500. The number of urea groups is 1. The average Bonchev–Trinajstić information content (AvgIpc) is 3.12. The van der Waals surface area contributed by atoms with E-state index in [1.54, 1.807) is 9.80 Å². The molecule has 2 atom stereocenters. The van der Waals surface area contributed by atoms with Gasteiger partial charge < -0.3 is 25.3 Å². The second-order valence-corrected chi connectivity index (χ2v) is 8.23. The summed E-state index contributed by atoms with van der Waals surface area (Å²) in [7, 11) is 0. The molecular weight excluding hydrogens is 398 g/mol. The summed E-state index contributed by atoms with van der Waals surface area (Å²) in [5.74, 6) is -1.05. The third kappa shape index (κ3) is 4.99. The SMILES string of the molecule is O=C(O)CC(c1cncc(O)c1)N1CCN(CCCC2=CC=C3CCCNC3N2)C1=O. The van der Waals surface area contributed by atoms with Crippen LogP contribution in [0.2, 0.25) is 0 Å². The lowest BCUT2D eigenvalue weighted by Gasteiger charge is -2.32. The van der Waals surface area contributed by atoms with Gasteiger partial charge in [0.15, 0.2) is 0 Å². The number of aromatic nitrogens is 1. The van der Waals surface area contributed by atoms with Gasteiger partial charge in [-0.05, 0) is 55.5 Å². The Morgan fingerprint density at radius 1 is 1.29 bits per heavy atom. The first-order valence-electron chi connectivity index (χ1n) is 10.8. The molecule has 0 radical (unpaired) electrons. The molecule has 166 valence electrons. The molecule has 0 aliphatic carbocycles. The predicted octanol–water partition coefficient (Wildman–Crippen LogP) is 1.94. The number of nitrogens with zero attached hydrogens (tertiary/aromatic N) is 3. The molecule has 4 N–H and O–H groups in total. The largest absolute Gasteiger partial charge is 0.506 e. The number of amides is 2. The third-order valence-corrected chi connectivity index (χ3v) is 6.06. The molecule has 2 fully saturated rings. The summed E-state index contributed by atoms with van der Waals surface area (Å²) in [5, 5.41) is 26.1. The summed E-state index contributed by atoms with van der Waals surface area (Å²) in [6.07, 6.45) is 11.1. The zero-order valence-corrected chi connectivity index (χ0v) is 17.5. The highest BCUT2D eigenvalue weighted by molar-refractivity contribution is 5.78. The molecular formula is C22H29N5O4. The number of hydrogen-bond donors (Lipinski definition) is 4. The van der Waals surface area contributed by atoms with Gasteiger partial charge in [-0.15, -0.1) is 0 Å². The maximum absolute atomic E-state index is 13.0. The van der Waals surface area contributed by atoms with Gasteiger partial charge in [0.25, 0.3) is 0 Å². The van der Waals surface area contributed by atoms with E-state index < -0.39 is 12.0 Å². The monoisotopic (exact) mass is 427 g/mol. The Balaban J connectivity index is 1.34. The first-order chi connectivity index (χ1) is 15.0. The highest BCUT2D eigenvalue weighted by Crippen LogP contribution is 2.30. The summed E-state index contributed by atoms with van der Waals surface area (Å²) in [5.41, 5.74) is 3.09. The van der Waals surface area contributed by atoms with E-state index in [0.29, 0.717) is 25.2 Å². The van der Waals surface area contributed by atoms with E-state index in [1.165, 1.54) is 36.2 Å². The number of aromatic hydroxyl groups is 1. The molecule has 3 aliphatic rings. The summed E-state index contributed by atoms with van der Waals surface area (Å²) in [6, 6.07) is 0.647. The van der Waals surface area contributed by atoms with Crippen LogP contribution in [0.25, 0.3) is 0 Å². The number of hydrogen-bond acceptors (Lipinski definition) is 6. The molecule has 2 unspecified atom stereocenters. The minimum absolute atomic E-state index is 0.0469. The van der Waals surface area contributed by atoms with Gasteiger partial charge in [0, 0.05) is 31.5 Å². The van der Waals surface area contributed by atoms with Gasteiger partial charge in [0.05, 0.1) is 24.8 Å². The molecule has 4 heterocycles. The van der Waals surface area contributed by atoms with Crippen LogP contribution in [0.3, 0.4) is 0 Å². The van der Waals surface area contributed by atoms with Crippen LogP contribution >= 0.6 is 0 Å². The van der Waals surface area contributed by atoms with Crippen molar-refractivity contribution in [1.29, 1.82) is 0 Å². The number of rotatable bonds is 8. The van der Waals surface area contributed by atoms with Crippen molar-refractivity contribution in [2.45, 2.75) is 44.3 Å². The molecule has 1 aromatic heterocycles. The fourth-order valence-corrected chi connectivity index (χ4v) is 4.49. The van der Waals surface area contributed by atoms with E-state index in [1.807, 2.05) is 0 Å². The molecule has 0 saturated carbocycles. The van der Waals surface area contributed by atoms with Gasteiger partial charge in [0.2, 0.25) is 0 Å². The topological polar surface area (TPSA) is 118 Å². The second-order valence-electron chi connectivity index (χ2n) is 8.23. The van der Waals surface area contributed by atoms with Crippen LogP contribution in [0, 0.1) is 0 Å². The third-order valence-electron chi connectivity index (χ3n) is 6.06. The lowest BCUT2D eigenvalue weighted by molar-refractivity contribution is -0.138. The van der Waals surface area contributed by atoms with Crippen LogP contribution in [0.5, 0.6) is 5.75 Å². The number of carboxylic acids is 1. The Kier molecular flexibility index (Phi) is 6.41. The zero-order chi connectivity index (χ0) is 21.8. The predicted molar refractivity (Wildman–Crippen MR) is 114 cm³/mol. The Labute approximate surface area is 181 Å². The summed E-state index contributed by atoms with van der Waals surface area (Å²) >= 11 is 0. The lowest BCUT2D eigenvalue weighted by Crippen LogP contribution is -2.47. The number of carbonyl (C=O) groups is 2. The molecule has 3 aliphatic heterocycles. The number of allylic oxidation sites excluding steroid dienone is 3. The van der Waals surface area contributed by atoms with Crippen LogP contribution in [-0.4, -0.2) is 69.3 Å². The van der Waals surface area contributed by atoms with Crippen molar-refractivity contribution in [3.63, 3.8) is 0 Å². The first kappa shape index (κ1) is 21.2. The molecule has 0 spiro atoms. The van der Waals surface area contributed by atoms with E-state index in [9.17, 15) is 19.8 Å². The lowest BCUT2D eigenvalue weighted by atomic mass is 9.99. The molecule has 9 nitrogen and oxygen atoms in total. The minimum Gasteiger partial charge on any atom is -0.506 e. The van der Waals surface area contributed by atoms with Crippen LogP contribution in [0.1, 0.15) is 43.7 Å². The normalized spacial score (nSPS) is 21.8. The first-order valence-corrected chi connectivity index (χ1v) is 10.8. The van der Waals surface area contributed by atoms with Crippen molar-refractivity contribution in [3.8, 4) is 5.75 Å². The molecule has 0 aromatic carbocycles. The molecule has 2 amide bonds. The number of nitrogens with one attached hydrogen (secondary N) is 2. The van der Waals surface area contributed by atoms with Crippen LogP contribution in [-0.2, 0) is 4.79 Å². The molecule has 9 heteroatoms. The quantitative estimate of drug-likeness (QED) is 0.501. The van der Waals surface area contributed by atoms with Crippen molar-refractivity contribution in [3.05, 3.63) is 47.4 Å². The summed E-state index contributed by atoms with van der Waals surface area (Å²) < 4.78 is 0. The standard InChI is InChI=1S/C22H29N5O4/c28-18-11-16(13-23-14-18)19(12-20(29)30)27-10-9-26(22(27)31)8-2-4-17-6-5-15-3-1-7-24-21(15)25-17/h5-6,11,13-14,19,21,24-25,28H,1-4,7-10,12H2,(H,29,30). The van der Waals surface area contributed by atoms with Crippen LogP contribution in [0.15, 0.2) is 41.9 Å². The zero-order valence-electron chi connectivity index (χ0n) is 17.5. The van der Waals surface area contributed by atoms with E-state index in [2.05, 4.69) is 27.8 Å². The van der Waals surface area contributed by atoms with E-state index >= 15 is 0 Å². The smallest absolute Gasteiger partial charge is 0.320 e. The van der Waals surface area contributed by atoms with Crippen molar-refractivity contribution in [2.75, 3.05) is 26.2 Å².